The van der Waals surface area contributed by atoms with Crippen LogP contribution in [0, 0.1) is 0 Å². The van der Waals surface area contributed by atoms with Crippen LogP contribution in [0.3, 0.4) is 0 Å². The van der Waals surface area contributed by atoms with Crippen LogP contribution in [0.2, 0.25) is 0 Å². The van der Waals surface area contributed by atoms with Crippen molar-refractivity contribution in [2.75, 3.05) is 27.3 Å². The number of halogens is 1. The normalized spacial score (nSPS) is 11.8. The molecule has 0 aliphatic heterocycles. The molecule has 1 heterocycles. The fourth-order valence-corrected chi connectivity index (χ4v) is 3.54. The molecule has 1 atom stereocenters. The van der Waals surface area contributed by atoms with Crippen molar-refractivity contribution in [3.8, 4) is 0 Å². The summed E-state index contributed by atoms with van der Waals surface area (Å²) in [6.45, 7) is 15.8. The van der Waals surface area contributed by atoms with Crippen molar-refractivity contribution >= 4 is 32.7 Å². The van der Waals surface area contributed by atoms with Gasteiger partial charge in [-0.25, -0.2) is 0 Å². The molecule has 5 heteroatoms. The molecule has 32 heavy (non-hydrogen) atoms. The monoisotopic (exact) mass is 502 g/mol. The second-order valence-corrected chi connectivity index (χ2v) is 8.94. The van der Waals surface area contributed by atoms with Gasteiger partial charge in [-0.15, -0.1) is 0 Å². The van der Waals surface area contributed by atoms with Gasteiger partial charge in [-0.1, -0.05) is 72.8 Å². The maximum Gasteiger partial charge on any atom is 0.219 e. The van der Waals surface area contributed by atoms with Crippen LogP contribution < -0.4 is 0 Å². The third-order valence-electron chi connectivity index (χ3n) is 5.47. The van der Waals surface area contributed by atoms with Crippen LogP contribution in [-0.2, 0) is 16.1 Å². The Balaban J connectivity index is 0.000000482. The van der Waals surface area contributed by atoms with Crippen molar-refractivity contribution in [2.45, 2.75) is 52.5 Å². The number of carbonyl (C=O) groups excluding carboxylic acids is 1. The predicted octanol–water partition coefficient (Wildman–Crippen LogP) is 7.07. The van der Waals surface area contributed by atoms with Gasteiger partial charge < -0.3 is 14.2 Å². The number of hydrogen-bond acceptors (Lipinski definition) is 2. The number of amides is 1. The molecule has 1 aromatic heterocycles. The summed E-state index contributed by atoms with van der Waals surface area (Å²) in [5.74, 6) is 0.462. The zero-order valence-electron chi connectivity index (χ0n) is 20.4. The average molecular weight is 504 g/mol. The van der Waals surface area contributed by atoms with Gasteiger partial charge >= 0.3 is 0 Å². The molecule has 0 aliphatic rings. The Morgan fingerprint density at radius 3 is 2.50 bits per heavy atom. The molecule has 1 amide bonds. The molecule has 0 radical (unpaired) electrons. The number of likely N-dealkylation sites (N-methyl/N-ethyl adjacent to an activating group) is 1. The van der Waals surface area contributed by atoms with Crippen LogP contribution in [0.15, 0.2) is 65.7 Å². The van der Waals surface area contributed by atoms with Gasteiger partial charge in [-0.2, -0.15) is 0 Å². The number of benzene rings is 1. The van der Waals surface area contributed by atoms with E-state index in [9.17, 15) is 4.79 Å². The van der Waals surface area contributed by atoms with E-state index in [-0.39, 0.29) is 5.91 Å². The highest BCUT2D eigenvalue weighted by atomic mass is 79.9. The number of aromatic nitrogens is 1. The zero-order chi connectivity index (χ0) is 24.1. The Morgan fingerprint density at radius 1 is 1.25 bits per heavy atom. The van der Waals surface area contributed by atoms with Gasteiger partial charge in [-0.3, -0.25) is 4.79 Å². The quantitative estimate of drug-likeness (QED) is 0.243. The Kier molecular flexibility index (Phi) is 13.0. The van der Waals surface area contributed by atoms with Crippen molar-refractivity contribution in [1.82, 2.24) is 9.47 Å². The summed E-state index contributed by atoms with van der Waals surface area (Å²) in [7, 11) is 3.62. The fourth-order valence-electron chi connectivity index (χ4n) is 3.40. The lowest BCUT2D eigenvalue weighted by Crippen LogP contribution is -2.29. The molecule has 2 rings (SSSR count). The molecule has 0 N–H and O–H groups in total. The molecule has 1 unspecified atom stereocenters. The lowest BCUT2D eigenvalue weighted by molar-refractivity contribution is -0.127. The van der Waals surface area contributed by atoms with E-state index in [0.717, 1.165) is 49.0 Å². The Bertz CT molecular complexity index is 914. The molecule has 0 fully saturated rings. The zero-order valence-corrected chi connectivity index (χ0v) is 22.0. The lowest BCUT2D eigenvalue weighted by atomic mass is 10.0. The molecule has 0 bridgehead atoms. The van der Waals surface area contributed by atoms with E-state index in [2.05, 4.69) is 77.8 Å². The molecule has 176 valence electrons. The summed E-state index contributed by atoms with van der Waals surface area (Å²) < 4.78 is 8.49. The first-order valence-electron chi connectivity index (χ1n) is 11.2. The number of nitrogens with zero attached hydrogens (tertiary/aromatic N) is 2. The second-order valence-electron chi connectivity index (χ2n) is 7.92. The number of carbonyl (C=O) groups is 1. The van der Waals surface area contributed by atoms with Gasteiger partial charge in [0.2, 0.25) is 5.91 Å². The Hall–Kier alpha value is -2.11. The average Bonchev–Trinajstić information content (AvgIpc) is 3.14. The van der Waals surface area contributed by atoms with Gasteiger partial charge in [-0.05, 0) is 42.9 Å². The van der Waals surface area contributed by atoms with Gasteiger partial charge in [0, 0.05) is 62.4 Å². The molecule has 0 saturated heterocycles. The summed E-state index contributed by atoms with van der Waals surface area (Å²) in [6, 6.07) is 10.8. The topological polar surface area (TPSA) is 34.5 Å². The van der Waals surface area contributed by atoms with E-state index in [0.29, 0.717) is 5.92 Å². The molecule has 0 saturated carbocycles. The van der Waals surface area contributed by atoms with E-state index in [1.807, 2.05) is 24.1 Å². The number of methoxy groups -OCH3 is 1. The smallest absolute Gasteiger partial charge is 0.219 e. The first-order valence-corrected chi connectivity index (χ1v) is 12.0. The summed E-state index contributed by atoms with van der Waals surface area (Å²) in [6.07, 6.45) is 6.85. The molecular formula is C27H39BrN2O2. The van der Waals surface area contributed by atoms with Crippen LogP contribution in [0.5, 0.6) is 0 Å². The van der Waals surface area contributed by atoms with Crippen LogP contribution >= 0.6 is 15.9 Å². The number of allylic oxidation sites excluding steroid dienone is 4. The van der Waals surface area contributed by atoms with Gasteiger partial charge in [0.05, 0.1) is 0 Å². The van der Waals surface area contributed by atoms with Gasteiger partial charge in [0.1, 0.15) is 0 Å². The molecule has 2 aromatic rings. The number of hydrogen-bond donors (Lipinski definition) is 0. The summed E-state index contributed by atoms with van der Waals surface area (Å²) in [5, 5.41) is 1.27. The maximum atomic E-state index is 11.6. The largest absolute Gasteiger partial charge is 0.385 e. The highest BCUT2D eigenvalue weighted by Crippen LogP contribution is 2.28. The van der Waals surface area contributed by atoms with E-state index in [1.165, 1.54) is 16.6 Å². The number of fused-ring (bicyclic) bond motifs is 1. The van der Waals surface area contributed by atoms with E-state index in [1.54, 1.807) is 14.0 Å². The van der Waals surface area contributed by atoms with E-state index < -0.39 is 0 Å². The molecule has 1 aromatic carbocycles. The van der Waals surface area contributed by atoms with Crippen molar-refractivity contribution in [3.05, 3.63) is 71.4 Å². The summed E-state index contributed by atoms with van der Waals surface area (Å²) >= 11 is 3.21. The van der Waals surface area contributed by atoms with Crippen molar-refractivity contribution in [1.29, 1.82) is 0 Å². The molecular weight excluding hydrogens is 464 g/mol. The first-order chi connectivity index (χ1) is 15.2. The number of rotatable bonds is 11. The minimum Gasteiger partial charge on any atom is -0.385 e. The van der Waals surface area contributed by atoms with E-state index >= 15 is 0 Å². The second kappa shape index (κ2) is 14.9. The first kappa shape index (κ1) is 27.9. The highest BCUT2D eigenvalue weighted by Gasteiger charge is 2.19. The Morgan fingerprint density at radius 2 is 1.94 bits per heavy atom. The Labute approximate surface area is 202 Å². The highest BCUT2D eigenvalue weighted by molar-refractivity contribution is 9.11. The fraction of sp³-hybridized carbons (Fsp3) is 0.444. The minimum absolute atomic E-state index is 0.116. The number of ether oxygens (including phenoxy) is 1. The minimum atomic E-state index is 0.116. The molecule has 4 nitrogen and oxygen atoms in total. The van der Waals surface area contributed by atoms with Crippen molar-refractivity contribution in [2.24, 2.45) is 0 Å². The van der Waals surface area contributed by atoms with Gasteiger partial charge in [0.25, 0.3) is 0 Å². The van der Waals surface area contributed by atoms with Crippen LogP contribution in [0.25, 0.3) is 10.9 Å². The molecule has 0 aliphatic carbocycles. The lowest BCUT2D eigenvalue weighted by Gasteiger charge is -2.24. The van der Waals surface area contributed by atoms with Crippen molar-refractivity contribution < 1.29 is 9.53 Å². The van der Waals surface area contributed by atoms with Gasteiger partial charge in [0.15, 0.2) is 0 Å². The van der Waals surface area contributed by atoms with Crippen LogP contribution in [0.4, 0.5) is 0 Å². The third-order valence-corrected chi connectivity index (χ3v) is 5.73. The third kappa shape index (κ3) is 9.17. The van der Waals surface area contributed by atoms with Crippen LogP contribution in [0.1, 0.15) is 51.6 Å². The number of aryl methyl sites for hydroxylation is 1. The standard InChI is InChI=1S/C19H28N2O2.C8H11Br/c1-5-16(14-20(3)15(2)22)19-13-17-9-6-7-10-18(17)21(19)11-8-12-23-4;1-4-7(2)5-6-8(3)9/h6-7,9-10,13,16H,5,8,11-12,14H2,1-4H3;5-6H,2-4H2,1H3/b;6-5-. The summed E-state index contributed by atoms with van der Waals surface area (Å²) in [4.78, 5) is 13.4. The molecule has 0 spiro atoms. The number of para-hydroxylation sites is 1. The summed E-state index contributed by atoms with van der Waals surface area (Å²) in [5.41, 5.74) is 3.70. The van der Waals surface area contributed by atoms with E-state index in [4.69, 9.17) is 4.74 Å². The van der Waals surface area contributed by atoms with Crippen molar-refractivity contribution in [3.63, 3.8) is 0 Å². The maximum absolute atomic E-state index is 11.6. The predicted molar refractivity (Wildman–Crippen MR) is 141 cm³/mol. The van der Waals surface area contributed by atoms with Crippen LogP contribution in [-0.4, -0.2) is 42.7 Å². The SMILES string of the molecule is C=C(Br)/C=C\C(=C)CC.CCC(CN(C)C(C)=O)c1cc2ccccc2n1CCCOC.